The van der Waals surface area contributed by atoms with Crippen molar-refractivity contribution in [3.05, 3.63) is 59.1 Å². The number of anilines is 2. The van der Waals surface area contributed by atoms with E-state index in [4.69, 9.17) is 11.6 Å². The summed E-state index contributed by atoms with van der Waals surface area (Å²) in [5.74, 6) is -0.687. The largest absolute Gasteiger partial charge is 0.322 e. The van der Waals surface area contributed by atoms with E-state index in [2.05, 4.69) is 5.32 Å². The molecule has 3 amide bonds. The Labute approximate surface area is 174 Å². The molecule has 0 radical (unpaired) electrons. The average Bonchev–Trinajstić information content (AvgIpc) is 3.03. The molecule has 150 valence electrons. The molecule has 0 aliphatic carbocycles. The summed E-state index contributed by atoms with van der Waals surface area (Å²) in [4.78, 5) is 43.0. The molecule has 2 heterocycles. The number of hydrogen-bond donors (Lipinski definition) is 1. The van der Waals surface area contributed by atoms with Gasteiger partial charge in [0.25, 0.3) is 11.8 Å². The lowest BCUT2D eigenvalue weighted by molar-refractivity contribution is -0.129. The highest BCUT2D eigenvalue weighted by molar-refractivity contribution is 6.31. The molecule has 0 bridgehead atoms. The van der Waals surface area contributed by atoms with Gasteiger partial charge in [0.1, 0.15) is 0 Å². The van der Waals surface area contributed by atoms with Crippen molar-refractivity contribution in [3.8, 4) is 0 Å². The van der Waals surface area contributed by atoms with Crippen LogP contribution in [0.25, 0.3) is 0 Å². The first-order valence-electron chi connectivity index (χ1n) is 9.65. The van der Waals surface area contributed by atoms with E-state index in [0.29, 0.717) is 28.5 Å². The second-order valence-electron chi connectivity index (χ2n) is 7.84. The van der Waals surface area contributed by atoms with Gasteiger partial charge >= 0.3 is 0 Å². The van der Waals surface area contributed by atoms with Crippen molar-refractivity contribution in [2.45, 2.75) is 32.4 Å². The van der Waals surface area contributed by atoms with Crippen LogP contribution in [0.2, 0.25) is 5.02 Å². The minimum absolute atomic E-state index is 0.123. The minimum atomic E-state index is -1.39. The first-order valence-corrected chi connectivity index (χ1v) is 10.0. The third kappa shape index (κ3) is 3.08. The van der Waals surface area contributed by atoms with Crippen LogP contribution in [0.15, 0.2) is 48.5 Å². The molecule has 0 saturated carbocycles. The van der Waals surface area contributed by atoms with Crippen LogP contribution >= 0.6 is 11.6 Å². The fraction of sp³-hybridized carbons (Fsp3) is 0.318. The van der Waals surface area contributed by atoms with Crippen molar-refractivity contribution < 1.29 is 14.4 Å². The van der Waals surface area contributed by atoms with Gasteiger partial charge in [-0.05, 0) is 36.2 Å². The predicted octanol–water partition coefficient (Wildman–Crippen LogP) is 3.91. The topological polar surface area (TPSA) is 69.7 Å². The molecule has 7 heteroatoms. The Bertz CT molecular complexity index is 1010. The van der Waals surface area contributed by atoms with Gasteiger partial charge < -0.3 is 10.2 Å². The third-order valence-electron chi connectivity index (χ3n) is 5.37. The van der Waals surface area contributed by atoms with E-state index in [-0.39, 0.29) is 30.6 Å². The Balaban J connectivity index is 1.85. The number of para-hydroxylation sites is 1. The molecular formula is C22H22ClN3O3. The molecule has 2 aliphatic heterocycles. The Morgan fingerprint density at radius 3 is 2.66 bits per heavy atom. The van der Waals surface area contributed by atoms with Gasteiger partial charge in [-0.3, -0.25) is 19.3 Å². The number of nitrogens with one attached hydrogen (secondary N) is 1. The maximum absolute atomic E-state index is 13.6. The Kier molecular flexibility index (Phi) is 4.82. The summed E-state index contributed by atoms with van der Waals surface area (Å²) in [5.41, 5.74) is 0.0533. The standard InChI is InChI=1S/C22H22ClN3O3/c1-14(2)13-25-20(28)17-8-3-4-9-18(17)26-19(27)10-11-22(25,26)21(29)24-16-7-5-6-15(23)12-16/h3-9,12,14H,10-11,13H2,1-2H3,(H,24,29). The van der Waals surface area contributed by atoms with Gasteiger partial charge in [-0.2, -0.15) is 0 Å². The maximum atomic E-state index is 13.6. The number of rotatable bonds is 4. The Hall–Kier alpha value is -2.86. The molecule has 1 N–H and O–H groups in total. The monoisotopic (exact) mass is 411 g/mol. The average molecular weight is 412 g/mol. The number of carbonyl (C=O) groups is 3. The van der Waals surface area contributed by atoms with E-state index < -0.39 is 11.6 Å². The highest BCUT2D eigenvalue weighted by Gasteiger charge is 2.60. The number of hydrogen-bond acceptors (Lipinski definition) is 3. The second kappa shape index (κ2) is 7.19. The molecule has 1 unspecified atom stereocenters. The highest BCUT2D eigenvalue weighted by Crippen LogP contribution is 2.45. The normalized spacial score (nSPS) is 20.7. The van der Waals surface area contributed by atoms with Gasteiger partial charge in [0.15, 0.2) is 0 Å². The van der Waals surface area contributed by atoms with E-state index in [9.17, 15) is 14.4 Å². The van der Waals surface area contributed by atoms with E-state index >= 15 is 0 Å². The van der Waals surface area contributed by atoms with Gasteiger partial charge in [0.05, 0.1) is 11.3 Å². The fourth-order valence-corrected chi connectivity index (χ4v) is 4.39. The van der Waals surface area contributed by atoms with Crippen LogP contribution in [0.1, 0.15) is 37.0 Å². The molecule has 6 nitrogen and oxygen atoms in total. The van der Waals surface area contributed by atoms with E-state index in [1.54, 1.807) is 53.4 Å². The van der Waals surface area contributed by atoms with E-state index in [1.165, 1.54) is 4.90 Å². The van der Waals surface area contributed by atoms with Crippen molar-refractivity contribution >= 4 is 40.7 Å². The third-order valence-corrected chi connectivity index (χ3v) is 5.60. The van der Waals surface area contributed by atoms with Crippen LogP contribution in [0, 0.1) is 5.92 Å². The maximum Gasteiger partial charge on any atom is 0.271 e. The molecule has 2 aromatic rings. The zero-order valence-corrected chi connectivity index (χ0v) is 17.1. The highest BCUT2D eigenvalue weighted by atomic mass is 35.5. The fourth-order valence-electron chi connectivity index (χ4n) is 4.20. The summed E-state index contributed by atoms with van der Waals surface area (Å²) in [6.45, 7) is 4.33. The summed E-state index contributed by atoms with van der Waals surface area (Å²) >= 11 is 6.05. The summed E-state index contributed by atoms with van der Waals surface area (Å²) in [5, 5.41) is 3.37. The van der Waals surface area contributed by atoms with Gasteiger partial charge in [0, 0.05) is 30.1 Å². The number of fused-ring (bicyclic) bond motifs is 3. The van der Waals surface area contributed by atoms with Crippen LogP contribution in [0.4, 0.5) is 11.4 Å². The molecule has 4 rings (SSSR count). The number of halogens is 1. The van der Waals surface area contributed by atoms with Crippen molar-refractivity contribution in [2.75, 3.05) is 16.8 Å². The number of amides is 3. The molecule has 0 aromatic heterocycles. The summed E-state index contributed by atoms with van der Waals surface area (Å²) in [6.07, 6.45) is 0.435. The van der Waals surface area contributed by atoms with Crippen LogP contribution < -0.4 is 10.2 Å². The van der Waals surface area contributed by atoms with Crippen LogP contribution in [0.3, 0.4) is 0 Å². The molecule has 29 heavy (non-hydrogen) atoms. The molecule has 1 atom stereocenters. The van der Waals surface area contributed by atoms with Gasteiger partial charge in [0.2, 0.25) is 11.6 Å². The number of nitrogens with zero attached hydrogens (tertiary/aromatic N) is 2. The van der Waals surface area contributed by atoms with Crippen LogP contribution in [-0.4, -0.2) is 34.8 Å². The second-order valence-corrected chi connectivity index (χ2v) is 8.27. The lowest BCUT2D eigenvalue weighted by atomic mass is 9.94. The van der Waals surface area contributed by atoms with Gasteiger partial charge in [-0.15, -0.1) is 0 Å². The van der Waals surface area contributed by atoms with Crippen LogP contribution in [-0.2, 0) is 9.59 Å². The Morgan fingerprint density at radius 2 is 1.93 bits per heavy atom. The van der Waals surface area contributed by atoms with Crippen molar-refractivity contribution in [1.82, 2.24) is 4.90 Å². The number of benzene rings is 2. The molecule has 1 fully saturated rings. The van der Waals surface area contributed by atoms with E-state index in [1.807, 2.05) is 13.8 Å². The summed E-state index contributed by atoms with van der Waals surface area (Å²) < 4.78 is 0. The van der Waals surface area contributed by atoms with Crippen molar-refractivity contribution in [3.63, 3.8) is 0 Å². The number of carbonyl (C=O) groups excluding carboxylic acids is 3. The lowest BCUT2D eigenvalue weighted by Gasteiger charge is -2.49. The van der Waals surface area contributed by atoms with Gasteiger partial charge in [-0.1, -0.05) is 43.6 Å². The van der Waals surface area contributed by atoms with E-state index in [0.717, 1.165) is 0 Å². The van der Waals surface area contributed by atoms with Gasteiger partial charge in [-0.25, -0.2) is 0 Å². The summed E-state index contributed by atoms with van der Waals surface area (Å²) in [6, 6.07) is 13.8. The minimum Gasteiger partial charge on any atom is -0.322 e. The smallest absolute Gasteiger partial charge is 0.271 e. The molecule has 2 aliphatic rings. The molecule has 0 spiro atoms. The lowest BCUT2D eigenvalue weighted by Crippen LogP contribution is -2.69. The Morgan fingerprint density at radius 1 is 1.17 bits per heavy atom. The summed E-state index contributed by atoms with van der Waals surface area (Å²) in [7, 11) is 0. The zero-order valence-electron chi connectivity index (χ0n) is 16.3. The molecule has 2 aromatic carbocycles. The first-order chi connectivity index (χ1) is 13.8. The van der Waals surface area contributed by atoms with Crippen molar-refractivity contribution in [1.29, 1.82) is 0 Å². The quantitative estimate of drug-likeness (QED) is 0.829. The van der Waals surface area contributed by atoms with Crippen LogP contribution in [0.5, 0.6) is 0 Å². The predicted molar refractivity (Wildman–Crippen MR) is 112 cm³/mol. The van der Waals surface area contributed by atoms with Crippen molar-refractivity contribution in [2.24, 2.45) is 5.92 Å². The zero-order chi connectivity index (χ0) is 20.8. The first kappa shape index (κ1) is 19.5. The molecule has 1 saturated heterocycles. The SMILES string of the molecule is CC(C)CN1C(=O)c2ccccc2N2C(=O)CCC12C(=O)Nc1cccc(Cl)c1. The molecular weight excluding hydrogens is 390 g/mol.